The smallest absolute Gasteiger partial charge is 0.354 e. The molecule has 0 bridgehead atoms. The largest absolute Gasteiger partial charge is 0.496 e. The lowest BCUT2D eigenvalue weighted by molar-refractivity contribution is 0.0776. The molecular formula is C38H33FN6O4S. The second-order valence-electron chi connectivity index (χ2n) is 12.9. The molecule has 0 spiro atoms. The van der Waals surface area contributed by atoms with E-state index in [1.807, 2.05) is 29.3 Å². The number of pyridine rings is 2. The van der Waals surface area contributed by atoms with E-state index in [1.54, 1.807) is 30.6 Å². The van der Waals surface area contributed by atoms with Crippen LogP contribution in [0, 0.1) is 5.82 Å². The highest BCUT2D eigenvalue weighted by molar-refractivity contribution is 7.23. The highest BCUT2D eigenvalue weighted by Gasteiger charge is 2.45. The molecular weight excluding hydrogens is 656 g/mol. The van der Waals surface area contributed by atoms with Gasteiger partial charge >= 0.3 is 6.01 Å². The summed E-state index contributed by atoms with van der Waals surface area (Å²) in [5.41, 5.74) is 6.87. The lowest BCUT2D eigenvalue weighted by Gasteiger charge is -2.16. The van der Waals surface area contributed by atoms with Crippen molar-refractivity contribution in [3.05, 3.63) is 100 Å². The van der Waals surface area contributed by atoms with Crippen molar-refractivity contribution >= 4 is 33.1 Å². The summed E-state index contributed by atoms with van der Waals surface area (Å²) in [5, 5.41) is 8.77. The van der Waals surface area contributed by atoms with Crippen LogP contribution in [0.2, 0.25) is 0 Å². The molecule has 2 aromatic carbocycles. The number of anilines is 1. The number of carbonyl (C=O) groups excluding carboxylic acids is 1. The van der Waals surface area contributed by atoms with Gasteiger partial charge in [0.25, 0.3) is 11.8 Å². The molecule has 1 aliphatic carbocycles. The number of aryl methyl sites for hydroxylation is 2. The van der Waals surface area contributed by atoms with Crippen LogP contribution in [-0.2, 0) is 19.3 Å². The van der Waals surface area contributed by atoms with Crippen molar-refractivity contribution in [2.24, 2.45) is 0 Å². The van der Waals surface area contributed by atoms with E-state index in [2.05, 4.69) is 27.6 Å². The molecule has 4 aromatic heterocycles. The molecule has 6 aromatic rings. The zero-order valence-corrected chi connectivity index (χ0v) is 28.3. The van der Waals surface area contributed by atoms with E-state index in [9.17, 15) is 9.18 Å². The third-order valence-corrected chi connectivity index (χ3v) is 11.3. The van der Waals surface area contributed by atoms with Crippen molar-refractivity contribution in [2.75, 3.05) is 26.1 Å². The predicted molar refractivity (Wildman–Crippen MR) is 187 cm³/mol. The van der Waals surface area contributed by atoms with E-state index >= 15 is 0 Å². The minimum absolute atomic E-state index is 0.0340. The van der Waals surface area contributed by atoms with Gasteiger partial charge in [-0.2, -0.15) is 4.98 Å². The molecule has 1 saturated heterocycles. The summed E-state index contributed by atoms with van der Waals surface area (Å²) in [4.78, 5) is 31.7. The molecule has 9 rings (SSSR count). The van der Waals surface area contributed by atoms with Gasteiger partial charge in [0.15, 0.2) is 0 Å². The third kappa shape index (κ3) is 5.00. The van der Waals surface area contributed by atoms with Crippen LogP contribution in [0.3, 0.4) is 0 Å². The van der Waals surface area contributed by atoms with Gasteiger partial charge in [-0.3, -0.25) is 9.78 Å². The second kappa shape index (κ2) is 12.2. The summed E-state index contributed by atoms with van der Waals surface area (Å²) >= 11 is 1.58. The summed E-state index contributed by atoms with van der Waals surface area (Å²) in [5.74, 6) is 1.61. The maximum atomic E-state index is 14.3. The Morgan fingerprint density at radius 1 is 1.02 bits per heavy atom. The number of hydrogen-bond donors (Lipinski definition) is 1. The van der Waals surface area contributed by atoms with Crippen LogP contribution in [0.1, 0.15) is 69.8 Å². The van der Waals surface area contributed by atoms with E-state index < -0.39 is 0 Å². The van der Waals surface area contributed by atoms with Crippen molar-refractivity contribution in [1.29, 1.82) is 0 Å². The molecule has 2 atom stereocenters. The number of carbonyl (C=O) groups is 1. The van der Waals surface area contributed by atoms with Gasteiger partial charge in [-0.15, -0.1) is 11.3 Å². The topological polar surface area (TPSA) is 116 Å². The molecule has 2 aliphatic heterocycles. The first kappa shape index (κ1) is 30.7. The van der Waals surface area contributed by atoms with Crippen molar-refractivity contribution in [3.8, 4) is 33.7 Å². The van der Waals surface area contributed by atoms with Gasteiger partial charge in [-0.05, 0) is 96.1 Å². The van der Waals surface area contributed by atoms with Gasteiger partial charge in [0.1, 0.15) is 17.4 Å². The van der Waals surface area contributed by atoms with Crippen molar-refractivity contribution in [1.82, 2.24) is 25.0 Å². The molecule has 1 N–H and O–H groups in total. The van der Waals surface area contributed by atoms with Gasteiger partial charge in [0, 0.05) is 23.2 Å². The number of benzene rings is 2. The molecule has 1 unspecified atom stereocenters. The number of fused-ring (bicyclic) bond motifs is 5. The van der Waals surface area contributed by atoms with E-state index in [1.165, 1.54) is 30.4 Å². The fraction of sp³-hybridized carbons (Fsp3) is 0.289. The number of amides is 1. The number of thiophene rings is 1. The first-order chi connectivity index (χ1) is 24.5. The number of aromatic nitrogens is 4. The minimum Gasteiger partial charge on any atom is -0.496 e. The molecule has 12 heteroatoms. The zero-order valence-electron chi connectivity index (χ0n) is 27.5. The van der Waals surface area contributed by atoms with Crippen LogP contribution < -0.4 is 14.8 Å². The SMILES string of the molecule is COc1noc(-c2c(CCc3ccc(F)cc3)nc3c(c2-c2cc4ccnc(N[C@H]5CCc6c(OC)cccc65)c4s2)C(=O)N2CCCC32)n1. The average Bonchev–Trinajstić information content (AvgIpc) is 3.98. The van der Waals surface area contributed by atoms with Crippen LogP contribution >= 0.6 is 11.3 Å². The van der Waals surface area contributed by atoms with E-state index in [0.717, 1.165) is 74.7 Å². The van der Waals surface area contributed by atoms with Gasteiger partial charge in [-0.25, -0.2) is 9.37 Å². The number of rotatable bonds is 9. The number of nitrogens with one attached hydrogen (secondary N) is 1. The van der Waals surface area contributed by atoms with Gasteiger partial charge in [0.05, 0.1) is 53.5 Å². The molecule has 1 amide bonds. The standard InChI is InChI=1S/C38H33FN6O4S/c1-47-28-7-3-5-23-24(28)13-15-25(23)42-35-34-21(16-17-40-35)19-29(50-34)31-30(36-43-38(48-2)44-49-36)26(14-10-20-8-11-22(39)12-9-20)41-33-27-6-4-18-45(27)37(46)32(31)33/h3,5,7-9,11-12,16-17,19,25,27H,4,6,10,13-15,18H2,1-2H3,(H,40,42)/t25-,27?/m0/s1. The summed E-state index contributed by atoms with van der Waals surface area (Å²) < 4.78 is 31.5. The number of nitrogens with zero attached hydrogens (tertiary/aromatic N) is 5. The highest BCUT2D eigenvalue weighted by Crippen LogP contribution is 2.51. The van der Waals surface area contributed by atoms with Crippen LogP contribution in [0.25, 0.3) is 32.0 Å². The zero-order chi connectivity index (χ0) is 33.9. The highest BCUT2D eigenvalue weighted by atomic mass is 32.1. The predicted octanol–water partition coefficient (Wildman–Crippen LogP) is 7.74. The van der Waals surface area contributed by atoms with Crippen LogP contribution in [-0.4, -0.2) is 51.7 Å². The quantitative estimate of drug-likeness (QED) is 0.163. The Morgan fingerprint density at radius 3 is 2.72 bits per heavy atom. The molecule has 252 valence electrons. The lowest BCUT2D eigenvalue weighted by atomic mass is 9.93. The van der Waals surface area contributed by atoms with Crippen molar-refractivity contribution in [2.45, 2.75) is 50.6 Å². The Hall–Kier alpha value is -5.36. The lowest BCUT2D eigenvalue weighted by Crippen LogP contribution is -2.22. The first-order valence-electron chi connectivity index (χ1n) is 16.8. The molecule has 6 heterocycles. The van der Waals surface area contributed by atoms with Gasteiger partial charge in [-0.1, -0.05) is 24.3 Å². The van der Waals surface area contributed by atoms with Crippen molar-refractivity contribution < 1.29 is 23.2 Å². The fourth-order valence-electron chi connectivity index (χ4n) is 7.83. The van der Waals surface area contributed by atoms with Crippen LogP contribution in [0.5, 0.6) is 11.8 Å². The van der Waals surface area contributed by atoms with E-state index in [4.69, 9.17) is 24.0 Å². The summed E-state index contributed by atoms with van der Waals surface area (Å²) in [6, 6.07) is 16.9. The fourth-order valence-corrected chi connectivity index (χ4v) is 9.00. The summed E-state index contributed by atoms with van der Waals surface area (Å²) in [7, 11) is 3.19. The average molecular weight is 689 g/mol. The number of halogens is 1. The molecule has 3 aliphatic rings. The number of hydrogen-bond acceptors (Lipinski definition) is 10. The van der Waals surface area contributed by atoms with E-state index in [0.29, 0.717) is 30.5 Å². The Labute approximate surface area is 291 Å². The summed E-state index contributed by atoms with van der Waals surface area (Å²) in [6.07, 6.45) is 6.56. The number of ether oxygens (including phenoxy) is 2. The normalized spacial score (nSPS) is 17.7. The monoisotopic (exact) mass is 688 g/mol. The maximum absolute atomic E-state index is 14.3. The molecule has 0 saturated carbocycles. The molecule has 0 radical (unpaired) electrons. The molecule has 1 fully saturated rings. The first-order valence-corrected chi connectivity index (χ1v) is 17.6. The van der Waals surface area contributed by atoms with E-state index in [-0.39, 0.29) is 35.7 Å². The van der Waals surface area contributed by atoms with Crippen molar-refractivity contribution in [3.63, 3.8) is 0 Å². The van der Waals surface area contributed by atoms with Crippen LogP contribution in [0.15, 0.2) is 65.3 Å². The Bertz CT molecular complexity index is 2290. The second-order valence-corrected chi connectivity index (χ2v) is 13.9. The molecule has 10 nitrogen and oxygen atoms in total. The Morgan fingerprint density at radius 2 is 1.90 bits per heavy atom. The Balaban J connectivity index is 1.21. The van der Waals surface area contributed by atoms with Crippen LogP contribution in [0.4, 0.5) is 10.2 Å². The summed E-state index contributed by atoms with van der Waals surface area (Å²) in [6.45, 7) is 0.686. The van der Waals surface area contributed by atoms with Gasteiger partial charge in [0.2, 0.25) is 0 Å². The molecule has 50 heavy (non-hydrogen) atoms. The maximum Gasteiger partial charge on any atom is 0.354 e. The number of methoxy groups -OCH3 is 2. The van der Waals surface area contributed by atoms with Gasteiger partial charge < -0.3 is 24.2 Å². The third-order valence-electron chi connectivity index (χ3n) is 10.1. The minimum atomic E-state index is -0.282. The Kier molecular flexibility index (Phi) is 7.49.